The second kappa shape index (κ2) is 6.15. The smallest absolute Gasteiger partial charge is 0.261 e. The molecule has 3 aromatic heterocycles. The van der Waals surface area contributed by atoms with Crippen molar-refractivity contribution >= 4 is 33.5 Å². The number of carbonyl (C=O) groups is 1. The minimum atomic E-state index is -0.422. The van der Waals surface area contributed by atoms with Crippen LogP contribution in [-0.4, -0.2) is 20.4 Å². The maximum absolute atomic E-state index is 12.8. The van der Waals surface area contributed by atoms with Crippen LogP contribution in [0.25, 0.3) is 21.9 Å². The maximum atomic E-state index is 12.8. The van der Waals surface area contributed by atoms with Crippen LogP contribution in [0, 0.1) is 6.92 Å². The third kappa shape index (κ3) is 2.65. The van der Waals surface area contributed by atoms with E-state index in [2.05, 4.69) is 15.3 Å². The van der Waals surface area contributed by atoms with Crippen molar-refractivity contribution in [1.82, 2.24) is 14.5 Å². The average molecular weight is 346 g/mol. The molecule has 4 aromatic rings. The van der Waals surface area contributed by atoms with Crippen LogP contribution in [0.5, 0.6) is 0 Å². The molecule has 0 unspecified atom stereocenters. The van der Waals surface area contributed by atoms with Gasteiger partial charge in [-0.05, 0) is 50.2 Å². The molecular weight excluding hydrogens is 328 g/mol. The van der Waals surface area contributed by atoms with Crippen molar-refractivity contribution in [3.05, 3.63) is 70.3 Å². The summed E-state index contributed by atoms with van der Waals surface area (Å²) in [4.78, 5) is 33.1. The largest absolute Gasteiger partial charge is 0.361 e. The number of benzene rings is 1. The van der Waals surface area contributed by atoms with Gasteiger partial charge < -0.3 is 14.9 Å². The summed E-state index contributed by atoms with van der Waals surface area (Å²) in [5, 5.41) is 4.26. The number of amides is 1. The Morgan fingerprint density at radius 2 is 2.08 bits per heavy atom. The Balaban J connectivity index is 1.77. The van der Waals surface area contributed by atoms with Gasteiger partial charge in [-0.25, -0.2) is 4.98 Å². The second-order valence-corrected chi connectivity index (χ2v) is 6.22. The highest BCUT2D eigenvalue weighted by molar-refractivity contribution is 6.06. The molecule has 0 saturated carbocycles. The van der Waals surface area contributed by atoms with E-state index in [1.165, 1.54) is 0 Å². The van der Waals surface area contributed by atoms with Crippen molar-refractivity contribution in [2.24, 2.45) is 0 Å². The molecule has 3 heterocycles. The highest BCUT2D eigenvalue weighted by atomic mass is 16.2. The average Bonchev–Trinajstić information content (AvgIpc) is 3.09. The van der Waals surface area contributed by atoms with Crippen LogP contribution in [-0.2, 0) is 6.54 Å². The van der Waals surface area contributed by atoms with Gasteiger partial charge in [-0.15, -0.1) is 0 Å². The Hall–Kier alpha value is -3.41. The Morgan fingerprint density at radius 1 is 1.23 bits per heavy atom. The molecule has 6 heteroatoms. The Kier molecular flexibility index (Phi) is 3.80. The van der Waals surface area contributed by atoms with Gasteiger partial charge >= 0.3 is 0 Å². The zero-order valence-corrected chi connectivity index (χ0v) is 14.5. The topological polar surface area (TPSA) is 79.8 Å². The van der Waals surface area contributed by atoms with Gasteiger partial charge in [0.05, 0.1) is 5.39 Å². The molecule has 2 N–H and O–H groups in total. The number of H-pyrrole nitrogens is 1. The molecular formula is C20H18N4O2. The fourth-order valence-corrected chi connectivity index (χ4v) is 3.09. The number of pyridine rings is 2. The summed E-state index contributed by atoms with van der Waals surface area (Å²) in [5.74, 6) is -0.422. The molecule has 0 saturated heterocycles. The monoisotopic (exact) mass is 346 g/mol. The second-order valence-electron chi connectivity index (χ2n) is 6.22. The van der Waals surface area contributed by atoms with Gasteiger partial charge in [-0.2, -0.15) is 0 Å². The van der Waals surface area contributed by atoms with Crippen molar-refractivity contribution in [3.8, 4) is 0 Å². The number of aryl methyl sites for hydroxylation is 2. The lowest BCUT2D eigenvalue weighted by Gasteiger charge is -2.11. The van der Waals surface area contributed by atoms with Gasteiger partial charge in [0, 0.05) is 41.2 Å². The number of aromatic nitrogens is 3. The molecule has 0 aliphatic heterocycles. The Morgan fingerprint density at radius 3 is 2.88 bits per heavy atom. The van der Waals surface area contributed by atoms with E-state index in [0.29, 0.717) is 23.3 Å². The molecule has 0 atom stereocenters. The lowest BCUT2D eigenvalue weighted by molar-refractivity contribution is 0.102. The van der Waals surface area contributed by atoms with Gasteiger partial charge in [-0.3, -0.25) is 9.59 Å². The van der Waals surface area contributed by atoms with E-state index >= 15 is 0 Å². The highest BCUT2D eigenvalue weighted by Gasteiger charge is 2.16. The van der Waals surface area contributed by atoms with Crippen LogP contribution in [0.3, 0.4) is 0 Å². The number of fused-ring (bicyclic) bond motifs is 2. The van der Waals surface area contributed by atoms with Gasteiger partial charge in [0.25, 0.3) is 5.91 Å². The number of hydrogen-bond acceptors (Lipinski definition) is 3. The molecule has 0 fully saturated rings. The molecule has 0 aliphatic rings. The molecule has 1 aromatic carbocycles. The highest BCUT2D eigenvalue weighted by Crippen LogP contribution is 2.18. The minimum absolute atomic E-state index is 0.110. The molecule has 0 bridgehead atoms. The van der Waals surface area contributed by atoms with Crippen LogP contribution in [0.15, 0.2) is 53.6 Å². The molecule has 4 rings (SSSR count). The predicted molar refractivity (Wildman–Crippen MR) is 103 cm³/mol. The van der Waals surface area contributed by atoms with Crippen molar-refractivity contribution in [3.63, 3.8) is 0 Å². The number of nitrogens with one attached hydrogen (secondary N) is 2. The molecule has 0 aliphatic carbocycles. The van der Waals surface area contributed by atoms with Crippen molar-refractivity contribution in [2.45, 2.75) is 20.4 Å². The van der Waals surface area contributed by atoms with Gasteiger partial charge in [-0.1, -0.05) is 0 Å². The van der Waals surface area contributed by atoms with E-state index in [0.717, 1.165) is 16.6 Å². The van der Waals surface area contributed by atoms with E-state index in [1.807, 2.05) is 42.8 Å². The third-order valence-corrected chi connectivity index (χ3v) is 4.46. The summed E-state index contributed by atoms with van der Waals surface area (Å²) in [6.07, 6.45) is 3.43. The first-order chi connectivity index (χ1) is 12.6. The number of carbonyl (C=O) groups excluding carboxylic acids is 1. The first-order valence-electron chi connectivity index (χ1n) is 8.46. The summed E-state index contributed by atoms with van der Waals surface area (Å²) >= 11 is 0. The van der Waals surface area contributed by atoms with Crippen LogP contribution < -0.4 is 10.7 Å². The lowest BCUT2D eigenvalue weighted by atomic mass is 10.1. The van der Waals surface area contributed by atoms with Crippen molar-refractivity contribution in [1.29, 1.82) is 0 Å². The van der Waals surface area contributed by atoms with E-state index in [-0.39, 0.29) is 11.0 Å². The van der Waals surface area contributed by atoms with Crippen molar-refractivity contribution < 1.29 is 4.79 Å². The predicted octanol–water partition coefficient (Wildman–Crippen LogP) is 3.46. The standard InChI is InChI=1S/C20H18N4O2/c1-3-24-11-16(18(25)15-6-4-12(2)22-19(15)24)20(26)23-14-5-7-17-13(10-14)8-9-21-17/h4-11,21H,3H2,1-2H3,(H,23,26). The molecule has 130 valence electrons. The number of rotatable bonds is 3. The number of anilines is 1. The van der Waals surface area contributed by atoms with E-state index in [4.69, 9.17) is 0 Å². The first-order valence-corrected chi connectivity index (χ1v) is 8.46. The summed E-state index contributed by atoms with van der Waals surface area (Å²) in [6, 6.07) is 11.0. The first kappa shape index (κ1) is 16.1. The van der Waals surface area contributed by atoms with E-state index < -0.39 is 5.91 Å². The molecule has 6 nitrogen and oxygen atoms in total. The maximum Gasteiger partial charge on any atom is 0.261 e. The van der Waals surface area contributed by atoms with Crippen LogP contribution in [0.1, 0.15) is 23.0 Å². The summed E-state index contributed by atoms with van der Waals surface area (Å²) in [5.41, 5.74) is 2.87. The summed E-state index contributed by atoms with van der Waals surface area (Å²) in [7, 11) is 0. The number of hydrogen-bond donors (Lipinski definition) is 2. The molecule has 26 heavy (non-hydrogen) atoms. The summed E-state index contributed by atoms with van der Waals surface area (Å²) in [6.45, 7) is 4.44. The summed E-state index contributed by atoms with van der Waals surface area (Å²) < 4.78 is 1.83. The van der Waals surface area contributed by atoms with Crippen LogP contribution in [0.4, 0.5) is 5.69 Å². The quantitative estimate of drug-likeness (QED) is 0.596. The van der Waals surface area contributed by atoms with Crippen molar-refractivity contribution in [2.75, 3.05) is 5.32 Å². The zero-order chi connectivity index (χ0) is 18.3. The Bertz CT molecular complexity index is 1200. The minimum Gasteiger partial charge on any atom is -0.361 e. The molecule has 0 spiro atoms. The number of aromatic amines is 1. The van der Waals surface area contributed by atoms with Crippen LogP contribution >= 0.6 is 0 Å². The fourth-order valence-electron chi connectivity index (χ4n) is 3.09. The fraction of sp³-hybridized carbons (Fsp3) is 0.150. The van der Waals surface area contributed by atoms with E-state index in [1.54, 1.807) is 24.4 Å². The normalized spacial score (nSPS) is 11.2. The Labute approximate surface area is 149 Å². The molecule has 0 radical (unpaired) electrons. The van der Waals surface area contributed by atoms with Crippen LogP contribution in [0.2, 0.25) is 0 Å². The van der Waals surface area contributed by atoms with Gasteiger partial charge in [0.15, 0.2) is 0 Å². The van der Waals surface area contributed by atoms with Gasteiger partial charge in [0.2, 0.25) is 5.43 Å². The molecule has 1 amide bonds. The van der Waals surface area contributed by atoms with E-state index in [9.17, 15) is 9.59 Å². The van der Waals surface area contributed by atoms with Gasteiger partial charge in [0.1, 0.15) is 11.2 Å². The zero-order valence-electron chi connectivity index (χ0n) is 14.5. The SMILES string of the molecule is CCn1cc(C(=O)Nc2ccc3[nH]ccc3c2)c(=O)c2ccc(C)nc21. The third-order valence-electron chi connectivity index (χ3n) is 4.46. The lowest BCUT2D eigenvalue weighted by Crippen LogP contribution is -2.24. The number of nitrogens with zero attached hydrogens (tertiary/aromatic N) is 2.